The first kappa shape index (κ1) is 25.9. The van der Waals surface area contributed by atoms with Crippen LogP contribution in [0.2, 0.25) is 0 Å². The van der Waals surface area contributed by atoms with Gasteiger partial charge in [-0.05, 0) is 36.4 Å². The number of benzene rings is 2. The Balaban J connectivity index is 1.57. The van der Waals surface area contributed by atoms with Crippen molar-refractivity contribution in [3.8, 4) is 22.9 Å². The quantitative estimate of drug-likeness (QED) is 0.321. The van der Waals surface area contributed by atoms with Crippen LogP contribution >= 0.6 is 0 Å². The fraction of sp³-hybridized carbons (Fsp3) is 0.0769. The minimum absolute atomic E-state index is 0.0528. The Morgan fingerprint density at radius 3 is 2.45 bits per heavy atom. The summed E-state index contributed by atoms with van der Waals surface area (Å²) in [5.74, 6) is -5.24. The zero-order valence-electron chi connectivity index (χ0n) is 19.7. The molecule has 194 valence electrons. The maximum atomic E-state index is 14.8. The van der Waals surface area contributed by atoms with E-state index >= 15 is 0 Å². The van der Waals surface area contributed by atoms with Gasteiger partial charge in [0.1, 0.15) is 28.7 Å². The van der Waals surface area contributed by atoms with Crippen LogP contribution in [0.5, 0.6) is 17.2 Å². The third-order valence-corrected chi connectivity index (χ3v) is 5.22. The number of halogens is 3. The van der Waals surface area contributed by atoms with E-state index in [2.05, 4.69) is 15.6 Å². The van der Waals surface area contributed by atoms with Crippen LogP contribution in [0.15, 0.2) is 71.8 Å². The van der Waals surface area contributed by atoms with Crippen molar-refractivity contribution in [3.05, 3.63) is 100 Å². The van der Waals surface area contributed by atoms with Gasteiger partial charge in [0.15, 0.2) is 17.4 Å². The molecule has 3 N–H and O–H groups in total. The number of aromatic nitrogens is 2. The number of amides is 2. The molecule has 12 heteroatoms. The van der Waals surface area contributed by atoms with Crippen LogP contribution in [0.25, 0.3) is 5.69 Å². The van der Waals surface area contributed by atoms with E-state index in [0.717, 1.165) is 22.8 Å². The van der Waals surface area contributed by atoms with Crippen LogP contribution in [0, 0.1) is 17.5 Å². The number of nitrogens with one attached hydrogen (secondary N) is 2. The van der Waals surface area contributed by atoms with Gasteiger partial charge in [0.05, 0.1) is 5.69 Å². The maximum absolute atomic E-state index is 14.8. The summed E-state index contributed by atoms with van der Waals surface area (Å²) in [7, 11) is 0. The average Bonchev–Trinajstić information content (AvgIpc) is 2.88. The van der Waals surface area contributed by atoms with Crippen LogP contribution in [0.3, 0.4) is 0 Å². The van der Waals surface area contributed by atoms with Gasteiger partial charge < -0.3 is 20.5 Å². The zero-order chi connectivity index (χ0) is 27.4. The molecule has 0 radical (unpaired) electrons. The summed E-state index contributed by atoms with van der Waals surface area (Å²) in [5.41, 5.74) is -2.13. The number of carbonyl (C=O) groups is 2. The van der Waals surface area contributed by atoms with Crippen LogP contribution < -0.4 is 20.9 Å². The van der Waals surface area contributed by atoms with E-state index < -0.39 is 51.7 Å². The highest BCUT2D eigenvalue weighted by molar-refractivity contribution is 6.06. The Morgan fingerprint density at radius 1 is 1.00 bits per heavy atom. The van der Waals surface area contributed by atoms with Crippen molar-refractivity contribution >= 4 is 23.3 Å². The molecule has 2 aromatic carbocycles. The lowest BCUT2D eigenvalue weighted by atomic mass is 10.2. The third-order valence-electron chi connectivity index (χ3n) is 5.22. The minimum Gasteiger partial charge on any atom is -0.507 e. The molecule has 4 aromatic rings. The topological polar surface area (TPSA) is 123 Å². The average molecular weight is 524 g/mol. The van der Waals surface area contributed by atoms with Crippen LogP contribution in [0.1, 0.15) is 23.7 Å². The number of aromatic hydroxyl groups is 1. The van der Waals surface area contributed by atoms with Gasteiger partial charge in [-0.3, -0.25) is 19.0 Å². The Labute approximate surface area is 213 Å². The predicted octanol–water partition coefficient (Wildman–Crippen LogP) is 4.75. The lowest BCUT2D eigenvalue weighted by Crippen LogP contribution is -2.28. The number of pyridine rings is 2. The number of hydrogen-bond donors (Lipinski definition) is 3. The molecule has 0 saturated carbocycles. The Hall–Kier alpha value is -5.13. The number of anilines is 2. The monoisotopic (exact) mass is 524 g/mol. The maximum Gasteiger partial charge on any atom is 0.271 e. The number of rotatable bonds is 7. The summed E-state index contributed by atoms with van der Waals surface area (Å²) < 4.78 is 49.1. The highest BCUT2D eigenvalue weighted by atomic mass is 19.1. The van der Waals surface area contributed by atoms with Crippen molar-refractivity contribution in [2.45, 2.75) is 13.3 Å². The molecule has 2 heterocycles. The lowest BCUT2D eigenvalue weighted by molar-refractivity contribution is -0.115. The number of ether oxygens (including phenoxy) is 1. The van der Waals surface area contributed by atoms with Gasteiger partial charge >= 0.3 is 0 Å². The van der Waals surface area contributed by atoms with E-state index in [1.807, 2.05) is 0 Å². The third kappa shape index (κ3) is 5.64. The molecule has 0 saturated heterocycles. The molecule has 0 aliphatic rings. The van der Waals surface area contributed by atoms with E-state index in [4.69, 9.17) is 4.74 Å². The van der Waals surface area contributed by atoms with Crippen molar-refractivity contribution in [3.63, 3.8) is 0 Å². The van der Waals surface area contributed by atoms with Crippen molar-refractivity contribution in [1.29, 1.82) is 0 Å². The first-order valence-corrected chi connectivity index (χ1v) is 11.1. The molecule has 0 atom stereocenters. The highest BCUT2D eigenvalue weighted by Gasteiger charge is 2.21. The molecule has 0 bridgehead atoms. The van der Waals surface area contributed by atoms with Crippen molar-refractivity contribution < 1.29 is 32.6 Å². The van der Waals surface area contributed by atoms with E-state index in [0.29, 0.717) is 12.1 Å². The first-order valence-electron chi connectivity index (χ1n) is 11.1. The molecule has 0 fully saturated rings. The van der Waals surface area contributed by atoms with E-state index in [1.54, 1.807) is 6.92 Å². The molecule has 2 aromatic heterocycles. The summed E-state index contributed by atoms with van der Waals surface area (Å²) >= 11 is 0. The van der Waals surface area contributed by atoms with Crippen LogP contribution in [0.4, 0.5) is 24.7 Å². The summed E-state index contributed by atoms with van der Waals surface area (Å²) in [5, 5.41) is 14.7. The first-order chi connectivity index (χ1) is 18.2. The molecule has 2 amide bonds. The number of hydrogen-bond acceptors (Lipinski definition) is 6. The van der Waals surface area contributed by atoms with E-state index in [-0.39, 0.29) is 29.6 Å². The van der Waals surface area contributed by atoms with Crippen LogP contribution in [-0.2, 0) is 4.79 Å². The zero-order valence-corrected chi connectivity index (χ0v) is 19.7. The molecule has 9 nitrogen and oxygen atoms in total. The Kier molecular flexibility index (Phi) is 7.42. The Morgan fingerprint density at radius 2 is 1.74 bits per heavy atom. The summed E-state index contributed by atoms with van der Waals surface area (Å²) in [4.78, 5) is 41.1. The summed E-state index contributed by atoms with van der Waals surface area (Å²) in [6.45, 7) is 1.65. The van der Waals surface area contributed by atoms with Gasteiger partial charge in [-0.2, -0.15) is 0 Å². The SMILES string of the molecule is CCC(=O)Nc1cc(Oc2cc(F)c(NC(=O)c3c(O)ccn(-c4ccc(F)cc4)c3=O)cc2F)ccn1. The second-order valence-electron chi connectivity index (χ2n) is 7.82. The molecule has 38 heavy (non-hydrogen) atoms. The number of nitrogens with zero attached hydrogens (tertiary/aromatic N) is 2. The molecule has 0 unspecified atom stereocenters. The molecule has 0 aliphatic carbocycles. The smallest absolute Gasteiger partial charge is 0.271 e. The second kappa shape index (κ2) is 10.9. The van der Waals surface area contributed by atoms with Gasteiger partial charge in [-0.1, -0.05) is 6.92 Å². The molecule has 4 rings (SSSR count). The highest BCUT2D eigenvalue weighted by Crippen LogP contribution is 2.30. The molecular formula is C26H19F3N4O5. The standard InChI is InChI=1S/C26H19F3N4O5/c1-2-23(35)32-22-11-16(7-9-30-22)38-21-13-17(28)19(12-18(21)29)31-25(36)24-20(34)8-10-33(26(24)37)15-5-3-14(27)4-6-15/h3-13,34H,2H2,1H3,(H,31,36)(H,30,32,35). The molecule has 0 spiro atoms. The fourth-order valence-corrected chi connectivity index (χ4v) is 3.33. The van der Waals surface area contributed by atoms with Gasteiger partial charge in [0.2, 0.25) is 5.91 Å². The van der Waals surface area contributed by atoms with E-state index in [1.165, 1.54) is 36.7 Å². The predicted molar refractivity (Wildman–Crippen MR) is 131 cm³/mol. The van der Waals surface area contributed by atoms with Crippen LogP contribution in [-0.4, -0.2) is 26.5 Å². The summed E-state index contributed by atoms with van der Waals surface area (Å²) in [6, 6.07) is 9.82. The van der Waals surface area contributed by atoms with Gasteiger partial charge in [0, 0.05) is 42.7 Å². The van der Waals surface area contributed by atoms with Gasteiger partial charge in [-0.25, -0.2) is 18.2 Å². The molecular weight excluding hydrogens is 505 g/mol. The van der Waals surface area contributed by atoms with Gasteiger partial charge in [0.25, 0.3) is 11.5 Å². The Bertz CT molecular complexity index is 1590. The lowest BCUT2D eigenvalue weighted by Gasteiger charge is -2.13. The van der Waals surface area contributed by atoms with Crippen molar-refractivity contribution in [2.24, 2.45) is 0 Å². The second-order valence-corrected chi connectivity index (χ2v) is 7.82. The van der Waals surface area contributed by atoms with E-state index in [9.17, 15) is 32.7 Å². The molecule has 0 aliphatic heterocycles. The summed E-state index contributed by atoms with van der Waals surface area (Å²) in [6.07, 6.45) is 2.68. The fourth-order valence-electron chi connectivity index (χ4n) is 3.33. The van der Waals surface area contributed by atoms with Gasteiger partial charge in [-0.15, -0.1) is 0 Å². The van der Waals surface area contributed by atoms with Crippen molar-refractivity contribution in [1.82, 2.24) is 9.55 Å². The normalized spacial score (nSPS) is 10.6. The largest absolute Gasteiger partial charge is 0.507 e. The number of carbonyl (C=O) groups excluding carboxylic acids is 2. The van der Waals surface area contributed by atoms with Crippen molar-refractivity contribution in [2.75, 3.05) is 10.6 Å². The minimum atomic E-state index is -1.21.